The lowest BCUT2D eigenvalue weighted by atomic mass is 10.1. The van der Waals surface area contributed by atoms with Crippen LogP contribution in [0, 0.1) is 0 Å². The molecule has 0 saturated heterocycles. The fraction of sp³-hybridized carbons (Fsp3) is 0.636. The normalized spacial score (nSPS) is 10.5. The van der Waals surface area contributed by atoms with Crippen LogP contribution in [0.5, 0.6) is 0 Å². The van der Waals surface area contributed by atoms with Crippen LogP contribution in [0.15, 0.2) is 24.3 Å². The highest BCUT2D eigenvalue weighted by atomic mass is 35.5. The summed E-state index contributed by atoms with van der Waals surface area (Å²) in [5.74, 6) is -0.146. The van der Waals surface area contributed by atoms with Crippen molar-refractivity contribution >= 4 is 29.4 Å². The van der Waals surface area contributed by atoms with Crippen molar-refractivity contribution in [1.82, 2.24) is 0 Å². The number of alkyl halides is 1. The van der Waals surface area contributed by atoms with Crippen molar-refractivity contribution in [3.8, 4) is 0 Å². The maximum absolute atomic E-state index is 12.1. The molecule has 0 fully saturated rings. The van der Waals surface area contributed by atoms with Crippen molar-refractivity contribution < 1.29 is 19.1 Å². The predicted octanol–water partition coefficient (Wildman–Crippen LogP) is 6.55. The first-order valence-corrected chi connectivity index (χ1v) is 11.0. The molecule has 1 aromatic rings. The Hall–Kier alpha value is -1.75. The first-order chi connectivity index (χ1) is 13.7. The zero-order valence-electron chi connectivity index (χ0n) is 17.0. The van der Waals surface area contributed by atoms with Crippen LogP contribution in [0.4, 0.5) is 10.5 Å². The molecule has 0 aliphatic rings. The number of hydrogen-bond acceptors (Lipinski definition) is 4. The number of halogens is 1. The Morgan fingerprint density at radius 1 is 0.893 bits per heavy atom. The molecule has 1 aromatic carbocycles. The van der Waals surface area contributed by atoms with Crippen molar-refractivity contribution in [2.75, 3.05) is 24.4 Å². The monoisotopic (exact) mass is 411 g/mol. The van der Waals surface area contributed by atoms with Crippen molar-refractivity contribution in [3.63, 3.8) is 0 Å². The Morgan fingerprint density at radius 2 is 1.54 bits per heavy atom. The molecule has 0 aromatic heterocycles. The van der Waals surface area contributed by atoms with Gasteiger partial charge in [-0.25, -0.2) is 9.59 Å². The van der Waals surface area contributed by atoms with Crippen LogP contribution < -0.4 is 5.32 Å². The number of nitrogens with one attached hydrogen (secondary N) is 1. The average Bonchev–Trinajstić information content (AvgIpc) is 2.70. The minimum Gasteiger partial charge on any atom is -0.462 e. The van der Waals surface area contributed by atoms with Crippen LogP contribution in [0.1, 0.15) is 81.5 Å². The van der Waals surface area contributed by atoms with Crippen LogP contribution in [-0.4, -0.2) is 31.2 Å². The van der Waals surface area contributed by atoms with E-state index in [0.717, 1.165) is 12.8 Å². The highest BCUT2D eigenvalue weighted by molar-refractivity contribution is 6.18. The van der Waals surface area contributed by atoms with Gasteiger partial charge in [0.25, 0.3) is 0 Å². The number of amides is 1. The molecular formula is C22H34ClNO4. The maximum Gasteiger partial charge on any atom is 0.411 e. The summed E-state index contributed by atoms with van der Waals surface area (Å²) in [5, 5.41) is 2.56. The molecule has 1 amide bonds. The summed E-state index contributed by atoms with van der Waals surface area (Å²) in [5.41, 5.74) is 0.884. The quantitative estimate of drug-likeness (QED) is 0.202. The number of carbonyl (C=O) groups is 2. The molecule has 158 valence electrons. The van der Waals surface area contributed by atoms with Gasteiger partial charge in [0.05, 0.1) is 18.1 Å². The Labute approximate surface area is 174 Å². The molecule has 0 aliphatic carbocycles. The average molecular weight is 412 g/mol. The Morgan fingerprint density at radius 3 is 2.18 bits per heavy atom. The van der Waals surface area contributed by atoms with Crippen molar-refractivity contribution in [2.45, 2.75) is 71.1 Å². The fourth-order valence-electron chi connectivity index (χ4n) is 2.85. The molecule has 0 saturated carbocycles. The van der Waals surface area contributed by atoms with E-state index in [1.165, 1.54) is 51.4 Å². The molecule has 0 spiro atoms. The van der Waals surface area contributed by atoms with Gasteiger partial charge in [0.2, 0.25) is 0 Å². The Balaban J connectivity index is 2.15. The third-order valence-corrected chi connectivity index (χ3v) is 4.54. The zero-order chi connectivity index (χ0) is 20.5. The number of benzene rings is 1. The zero-order valence-corrected chi connectivity index (χ0v) is 17.8. The van der Waals surface area contributed by atoms with Crippen LogP contribution in [0.3, 0.4) is 0 Å². The second kappa shape index (κ2) is 16.2. The van der Waals surface area contributed by atoms with Gasteiger partial charge in [0, 0.05) is 5.69 Å². The van der Waals surface area contributed by atoms with E-state index >= 15 is 0 Å². The SMILES string of the molecule is CCCCCCCCCCCCOC(=O)c1cccc(NC(=O)OCCCl)c1. The highest BCUT2D eigenvalue weighted by Gasteiger charge is 2.09. The number of unbranched alkanes of at least 4 members (excludes halogenated alkanes) is 9. The van der Waals surface area contributed by atoms with E-state index < -0.39 is 6.09 Å². The third-order valence-electron chi connectivity index (χ3n) is 4.39. The number of ether oxygens (including phenoxy) is 2. The number of esters is 1. The van der Waals surface area contributed by atoms with Crippen LogP contribution >= 0.6 is 11.6 Å². The summed E-state index contributed by atoms with van der Waals surface area (Å²) in [4.78, 5) is 23.7. The molecule has 0 atom stereocenters. The third kappa shape index (κ3) is 11.9. The Bertz CT molecular complexity index is 565. The van der Waals surface area contributed by atoms with Gasteiger partial charge in [0.1, 0.15) is 6.61 Å². The van der Waals surface area contributed by atoms with Gasteiger partial charge in [-0.15, -0.1) is 11.6 Å². The van der Waals surface area contributed by atoms with Gasteiger partial charge >= 0.3 is 12.1 Å². The van der Waals surface area contributed by atoms with Gasteiger partial charge in [0.15, 0.2) is 0 Å². The topological polar surface area (TPSA) is 64.6 Å². The lowest BCUT2D eigenvalue weighted by Gasteiger charge is -2.08. The number of carbonyl (C=O) groups excluding carboxylic acids is 2. The van der Waals surface area contributed by atoms with E-state index in [1.54, 1.807) is 24.3 Å². The largest absolute Gasteiger partial charge is 0.462 e. The lowest BCUT2D eigenvalue weighted by Crippen LogP contribution is -2.15. The second-order valence-electron chi connectivity index (χ2n) is 6.85. The summed E-state index contributed by atoms with van der Waals surface area (Å²) in [6, 6.07) is 6.61. The van der Waals surface area contributed by atoms with Crippen LogP contribution in [-0.2, 0) is 9.47 Å². The first kappa shape index (κ1) is 24.3. The van der Waals surface area contributed by atoms with Gasteiger partial charge in [-0.05, 0) is 24.6 Å². The number of hydrogen-bond donors (Lipinski definition) is 1. The lowest BCUT2D eigenvalue weighted by molar-refractivity contribution is 0.0497. The standard InChI is InChI=1S/C22H34ClNO4/c1-2-3-4-5-6-7-8-9-10-11-16-27-21(25)19-13-12-14-20(18-19)24-22(26)28-17-15-23/h12-14,18H,2-11,15-17H2,1H3,(H,24,26). The minimum absolute atomic E-state index is 0.133. The predicted molar refractivity (Wildman–Crippen MR) is 114 cm³/mol. The molecule has 0 aliphatic heterocycles. The molecule has 0 bridgehead atoms. The van der Waals surface area contributed by atoms with Gasteiger partial charge in [-0.1, -0.05) is 70.8 Å². The molecule has 28 heavy (non-hydrogen) atoms. The van der Waals surface area contributed by atoms with Crippen LogP contribution in [0.25, 0.3) is 0 Å². The molecule has 6 heteroatoms. The second-order valence-corrected chi connectivity index (χ2v) is 7.23. The van der Waals surface area contributed by atoms with E-state index in [9.17, 15) is 9.59 Å². The van der Waals surface area contributed by atoms with Crippen LogP contribution in [0.2, 0.25) is 0 Å². The molecule has 0 radical (unpaired) electrons. The van der Waals surface area contributed by atoms with Gasteiger partial charge in [-0.3, -0.25) is 5.32 Å². The summed E-state index contributed by atoms with van der Waals surface area (Å²) in [6.07, 6.45) is 11.8. The van der Waals surface area contributed by atoms with Crippen molar-refractivity contribution in [2.24, 2.45) is 0 Å². The Kier molecular flexibility index (Phi) is 14.1. The van der Waals surface area contributed by atoms with Gasteiger partial charge < -0.3 is 9.47 Å². The van der Waals surface area contributed by atoms with E-state index in [1.807, 2.05) is 0 Å². The van der Waals surface area contributed by atoms with E-state index in [-0.39, 0.29) is 18.5 Å². The van der Waals surface area contributed by atoms with E-state index in [4.69, 9.17) is 21.1 Å². The molecule has 0 heterocycles. The van der Waals surface area contributed by atoms with E-state index in [0.29, 0.717) is 17.9 Å². The highest BCUT2D eigenvalue weighted by Crippen LogP contribution is 2.13. The molecule has 5 nitrogen and oxygen atoms in total. The van der Waals surface area contributed by atoms with Gasteiger partial charge in [-0.2, -0.15) is 0 Å². The molecule has 1 N–H and O–H groups in total. The summed E-state index contributed by atoms with van der Waals surface area (Å²) >= 11 is 5.47. The maximum atomic E-state index is 12.1. The smallest absolute Gasteiger partial charge is 0.411 e. The summed E-state index contributed by atoms with van der Waals surface area (Å²) in [6.45, 7) is 2.79. The molecular weight excluding hydrogens is 378 g/mol. The fourth-order valence-corrected chi connectivity index (χ4v) is 2.92. The van der Waals surface area contributed by atoms with Crippen molar-refractivity contribution in [1.29, 1.82) is 0 Å². The molecule has 0 unspecified atom stereocenters. The minimum atomic E-state index is -0.600. The number of anilines is 1. The molecule has 1 rings (SSSR count). The number of rotatable bonds is 15. The summed E-state index contributed by atoms with van der Waals surface area (Å²) < 4.78 is 10.2. The first-order valence-electron chi connectivity index (χ1n) is 10.4. The summed E-state index contributed by atoms with van der Waals surface area (Å²) in [7, 11) is 0. The van der Waals surface area contributed by atoms with Crippen molar-refractivity contribution in [3.05, 3.63) is 29.8 Å². The van der Waals surface area contributed by atoms with E-state index in [2.05, 4.69) is 12.2 Å².